The standard InChI is InChI=1S/C11H14O5/c1-6-3-2-4-7(12)10(6)11(16)8(13)5-9(14)15/h2-4,8,11-13,16H,5H2,1H3,(H,14,15). The molecule has 88 valence electrons. The second-order valence-corrected chi connectivity index (χ2v) is 3.62. The average Bonchev–Trinajstić information content (AvgIpc) is 2.16. The molecule has 0 saturated heterocycles. The van der Waals surface area contributed by atoms with E-state index in [0.717, 1.165) is 0 Å². The Labute approximate surface area is 92.6 Å². The van der Waals surface area contributed by atoms with Crippen molar-refractivity contribution in [2.75, 3.05) is 0 Å². The highest BCUT2D eigenvalue weighted by molar-refractivity contribution is 5.67. The fraction of sp³-hybridized carbons (Fsp3) is 0.364. The zero-order valence-electron chi connectivity index (χ0n) is 8.79. The molecule has 0 saturated carbocycles. The summed E-state index contributed by atoms with van der Waals surface area (Å²) in [5, 5.41) is 37.2. The number of hydrogen-bond donors (Lipinski definition) is 4. The van der Waals surface area contributed by atoms with Crippen LogP contribution in [0.4, 0.5) is 0 Å². The van der Waals surface area contributed by atoms with Gasteiger partial charge in [0.1, 0.15) is 11.9 Å². The van der Waals surface area contributed by atoms with E-state index < -0.39 is 24.6 Å². The predicted molar refractivity (Wildman–Crippen MR) is 56.1 cm³/mol. The lowest BCUT2D eigenvalue weighted by Crippen LogP contribution is -2.22. The molecule has 2 unspecified atom stereocenters. The third-order valence-corrected chi connectivity index (χ3v) is 2.35. The number of phenolic OH excluding ortho intramolecular Hbond substituents is 1. The smallest absolute Gasteiger partial charge is 0.306 e. The van der Waals surface area contributed by atoms with Gasteiger partial charge in [-0.15, -0.1) is 0 Å². The van der Waals surface area contributed by atoms with Crippen LogP contribution >= 0.6 is 0 Å². The van der Waals surface area contributed by atoms with Gasteiger partial charge in [0.05, 0.1) is 12.5 Å². The Balaban J connectivity index is 2.95. The van der Waals surface area contributed by atoms with Crippen molar-refractivity contribution >= 4 is 5.97 Å². The van der Waals surface area contributed by atoms with E-state index in [0.29, 0.717) is 5.56 Å². The lowest BCUT2D eigenvalue weighted by molar-refractivity contribution is -0.141. The van der Waals surface area contributed by atoms with Gasteiger partial charge in [0.25, 0.3) is 0 Å². The Morgan fingerprint density at radius 3 is 2.50 bits per heavy atom. The number of aliphatic hydroxyl groups excluding tert-OH is 2. The first kappa shape index (κ1) is 12.5. The molecular formula is C11H14O5. The maximum absolute atomic E-state index is 10.4. The first-order valence-electron chi connectivity index (χ1n) is 4.80. The SMILES string of the molecule is Cc1cccc(O)c1C(O)C(O)CC(=O)O. The number of carbonyl (C=O) groups is 1. The minimum absolute atomic E-state index is 0.156. The second kappa shape index (κ2) is 4.96. The maximum Gasteiger partial charge on any atom is 0.306 e. The molecule has 0 bridgehead atoms. The molecule has 0 aliphatic heterocycles. The summed E-state index contributed by atoms with van der Waals surface area (Å²) in [7, 11) is 0. The molecule has 5 heteroatoms. The van der Waals surface area contributed by atoms with Crippen LogP contribution in [0, 0.1) is 6.92 Å². The van der Waals surface area contributed by atoms with Crippen LogP contribution in [0.15, 0.2) is 18.2 Å². The Morgan fingerprint density at radius 1 is 1.38 bits per heavy atom. The minimum Gasteiger partial charge on any atom is -0.508 e. The van der Waals surface area contributed by atoms with E-state index in [1.807, 2.05) is 0 Å². The topological polar surface area (TPSA) is 98.0 Å². The second-order valence-electron chi connectivity index (χ2n) is 3.62. The number of carboxylic acids is 1. The molecule has 4 N–H and O–H groups in total. The predicted octanol–water partition coefficient (Wildman–Crippen LogP) is 0.570. The highest BCUT2D eigenvalue weighted by Gasteiger charge is 2.24. The number of aliphatic carboxylic acids is 1. The number of aromatic hydroxyl groups is 1. The van der Waals surface area contributed by atoms with Crippen LogP contribution < -0.4 is 0 Å². The molecule has 0 heterocycles. The Morgan fingerprint density at radius 2 is 2.00 bits per heavy atom. The molecule has 0 aliphatic rings. The molecule has 0 spiro atoms. The highest BCUT2D eigenvalue weighted by Crippen LogP contribution is 2.30. The quantitative estimate of drug-likeness (QED) is 0.601. The van der Waals surface area contributed by atoms with Crippen molar-refractivity contribution in [1.82, 2.24) is 0 Å². The molecule has 0 radical (unpaired) electrons. The fourth-order valence-corrected chi connectivity index (χ4v) is 1.53. The molecule has 0 aliphatic carbocycles. The first-order valence-corrected chi connectivity index (χ1v) is 4.80. The molecule has 0 fully saturated rings. The van der Waals surface area contributed by atoms with Gasteiger partial charge in [0.15, 0.2) is 0 Å². The Bertz CT molecular complexity index is 368. The van der Waals surface area contributed by atoms with Gasteiger partial charge in [-0.3, -0.25) is 4.79 Å². The van der Waals surface area contributed by atoms with Crippen LogP contribution in [0.2, 0.25) is 0 Å². The van der Waals surface area contributed by atoms with Gasteiger partial charge in [-0.25, -0.2) is 0 Å². The average molecular weight is 226 g/mol. The van der Waals surface area contributed by atoms with Gasteiger partial charge in [-0.2, -0.15) is 0 Å². The van der Waals surface area contributed by atoms with E-state index in [4.69, 9.17) is 5.11 Å². The summed E-state index contributed by atoms with van der Waals surface area (Å²) >= 11 is 0. The zero-order chi connectivity index (χ0) is 12.3. The van der Waals surface area contributed by atoms with Crippen LogP contribution in [0.1, 0.15) is 23.7 Å². The van der Waals surface area contributed by atoms with Gasteiger partial charge >= 0.3 is 5.97 Å². The molecule has 0 aromatic heterocycles. The molecular weight excluding hydrogens is 212 g/mol. The summed E-state index contributed by atoms with van der Waals surface area (Å²) < 4.78 is 0. The number of hydrogen-bond acceptors (Lipinski definition) is 4. The van der Waals surface area contributed by atoms with Gasteiger partial charge in [0.2, 0.25) is 0 Å². The lowest BCUT2D eigenvalue weighted by atomic mass is 9.97. The monoisotopic (exact) mass is 226 g/mol. The molecule has 1 rings (SSSR count). The van der Waals surface area contributed by atoms with Crippen molar-refractivity contribution < 1.29 is 25.2 Å². The summed E-state index contributed by atoms with van der Waals surface area (Å²) in [5.41, 5.74) is 0.758. The van der Waals surface area contributed by atoms with Crippen molar-refractivity contribution in [3.05, 3.63) is 29.3 Å². The van der Waals surface area contributed by atoms with Crippen LogP contribution in [0.5, 0.6) is 5.75 Å². The summed E-state index contributed by atoms with van der Waals surface area (Å²) in [6, 6.07) is 4.63. The number of phenols is 1. The summed E-state index contributed by atoms with van der Waals surface area (Å²) in [4.78, 5) is 10.4. The molecule has 1 aromatic rings. The van der Waals surface area contributed by atoms with Gasteiger partial charge < -0.3 is 20.4 Å². The van der Waals surface area contributed by atoms with E-state index >= 15 is 0 Å². The third kappa shape index (κ3) is 2.71. The van der Waals surface area contributed by atoms with Crippen LogP contribution in [-0.2, 0) is 4.79 Å². The summed E-state index contributed by atoms with van der Waals surface area (Å²) in [6.07, 6.45) is -3.42. The Kier molecular flexibility index (Phi) is 3.87. The van der Waals surface area contributed by atoms with Crippen LogP contribution in [0.3, 0.4) is 0 Å². The van der Waals surface area contributed by atoms with Crippen molar-refractivity contribution in [3.63, 3.8) is 0 Å². The van der Waals surface area contributed by atoms with Gasteiger partial charge in [-0.1, -0.05) is 12.1 Å². The molecule has 0 amide bonds. The van der Waals surface area contributed by atoms with E-state index in [1.165, 1.54) is 6.07 Å². The van der Waals surface area contributed by atoms with E-state index in [2.05, 4.69) is 0 Å². The highest BCUT2D eigenvalue weighted by atomic mass is 16.4. The molecule has 1 aromatic carbocycles. The van der Waals surface area contributed by atoms with Crippen LogP contribution in [0.25, 0.3) is 0 Å². The van der Waals surface area contributed by atoms with Crippen molar-refractivity contribution in [1.29, 1.82) is 0 Å². The van der Waals surface area contributed by atoms with Gasteiger partial charge in [-0.05, 0) is 18.6 Å². The Hall–Kier alpha value is -1.59. The van der Waals surface area contributed by atoms with Gasteiger partial charge in [0, 0.05) is 5.56 Å². The first-order chi connectivity index (χ1) is 7.43. The largest absolute Gasteiger partial charge is 0.508 e. The number of aliphatic hydroxyl groups is 2. The maximum atomic E-state index is 10.4. The number of carboxylic acid groups (broad SMARTS) is 1. The lowest BCUT2D eigenvalue weighted by Gasteiger charge is -2.19. The summed E-state index contributed by atoms with van der Waals surface area (Å²) in [6.45, 7) is 1.66. The number of rotatable bonds is 4. The molecule has 5 nitrogen and oxygen atoms in total. The van der Waals surface area contributed by atoms with E-state index in [1.54, 1.807) is 19.1 Å². The number of aryl methyl sites for hydroxylation is 1. The van der Waals surface area contributed by atoms with E-state index in [9.17, 15) is 20.1 Å². The third-order valence-electron chi connectivity index (χ3n) is 2.35. The minimum atomic E-state index is -1.44. The fourth-order valence-electron chi connectivity index (χ4n) is 1.53. The zero-order valence-corrected chi connectivity index (χ0v) is 8.79. The molecule has 2 atom stereocenters. The van der Waals surface area contributed by atoms with Crippen molar-refractivity contribution in [2.24, 2.45) is 0 Å². The van der Waals surface area contributed by atoms with Crippen molar-refractivity contribution in [2.45, 2.75) is 25.6 Å². The summed E-state index contributed by atoms with van der Waals surface area (Å²) in [5.74, 6) is -1.36. The van der Waals surface area contributed by atoms with Crippen LogP contribution in [-0.4, -0.2) is 32.5 Å². The van der Waals surface area contributed by atoms with Crippen molar-refractivity contribution in [3.8, 4) is 5.75 Å². The normalized spacial score (nSPS) is 14.4. The number of benzene rings is 1. The molecule has 16 heavy (non-hydrogen) atoms. The van der Waals surface area contributed by atoms with E-state index in [-0.39, 0.29) is 11.3 Å².